The molecule has 0 bridgehead atoms. The molecule has 123 heavy (non-hydrogen) atoms. The number of rotatable bonds is 10. The van der Waals surface area contributed by atoms with Crippen LogP contribution in [0.1, 0.15) is 69.5 Å². The molecule has 2 spiro atoms. The van der Waals surface area contributed by atoms with Crippen molar-refractivity contribution in [3.05, 3.63) is 498 Å². The summed E-state index contributed by atoms with van der Waals surface area (Å²) < 4.78 is 8.68. The van der Waals surface area contributed by atoms with E-state index in [1.165, 1.54) is 166 Å². The van der Waals surface area contributed by atoms with E-state index in [1.807, 2.05) is 6.07 Å². The van der Waals surface area contributed by atoms with Gasteiger partial charge in [0.1, 0.15) is 11.2 Å². The summed E-state index contributed by atoms with van der Waals surface area (Å²) in [6.07, 6.45) is 0. The Bertz CT molecular complexity index is 7810. The number of benzene rings is 19. The van der Waals surface area contributed by atoms with Gasteiger partial charge in [-0.1, -0.05) is 347 Å². The molecule has 0 fully saturated rings. The van der Waals surface area contributed by atoms with Gasteiger partial charge in [-0.05, 0) is 254 Å². The van der Waals surface area contributed by atoms with Crippen molar-refractivity contribution in [2.24, 2.45) is 0 Å². The van der Waals surface area contributed by atoms with Crippen LogP contribution >= 0.6 is 0 Å². The van der Waals surface area contributed by atoms with Crippen LogP contribution in [-0.2, 0) is 16.2 Å². The maximum Gasteiger partial charge on any atom is 0.135 e. The van der Waals surface area contributed by atoms with Crippen molar-refractivity contribution in [1.82, 2.24) is 4.57 Å². The van der Waals surface area contributed by atoms with Gasteiger partial charge in [-0.25, -0.2) is 0 Å². The summed E-state index contributed by atoms with van der Waals surface area (Å²) >= 11 is 0. The fourth-order valence-electron chi connectivity index (χ4n) is 22.3. The molecule has 0 radical (unpaired) electrons. The summed E-state index contributed by atoms with van der Waals surface area (Å²) in [6.45, 7) is 4.71. The molecule has 26 rings (SSSR count). The molecular weight excluding hydrogens is 1490 g/mol. The van der Waals surface area contributed by atoms with Crippen molar-refractivity contribution < 1.29 is 4.42 Å². The van der Waals surface area contributed by atoms with Gasteiger partial charge in [0.25, 0.3) is 0 Å². The van der Waals surface area contributed by atoms with E-state index in [1.54, 1.807) is 0 Å². The van der Waals surface area contributed by atoms with Crippen LogP contribution in [0.3, 0.4) is 0 Å². The van der Waals surface area contributed by atoms with Crippen molar-refractivity contribution >= 4 is 77.9 Å². The van der Waals surface area contributed by atoms with Crippen molar-refractivity contribution in [2.75, 3.05) is 9.80 Å². The van der Waals surface area contributed by atoms with Crippen LogP contribution in [0.15, 0.2) is 447 Å². The molecule has 4 heteroatoms. The Kier molecular flexibility index (Phi) is 15.6. The molecule has 2 aromatic heterocycles. The molecule has 4 nitrogen and oxygen atoms in total. The number of furan rings is 1. The lowest BCUT2D eigenvalue weighted by Crippen LogP contribution is -2.25. The Balaban J connectivity index is 0.000000135. The van der Waals surface area contributed by atoms with Gasteiger partial charge in [-0.3, -0.25) is 0 Å². The summed E-state index contributed by atoms with van der Waals surface area (Å²) in [5, 5.41) is 4.69. The van der Waals surface area contributed by atoms with Crippen LogP contribution in [0, 0.1) is 0 Å². The lowest BCUT2D eigenvalue weighted by molar-refractivity contribution is 0.660. The zero-order valence-electron chi connectivity index (χ0n) is 67.9. The number of hydrogen-bond donors (Lipinski definition) is 0. The number of hydrogen-bond acceptors (Lipinski definition) is 3. The van der Waals surface area contributed by atoms with E-state index in [0.29, 0.717) is 0 Å². The number of nitrogens with zero attached hydrogens (tertiary/aromatic N) is 3. The van der Waals surface area contributed by atoms with Crippen molar-refractivity contribution in [3.63, 3.8) is 0 Å². The Morgan fingerprint density at radius 1 is 0.203 bits per heavy atom. The van der Waals surface area contributed by atoms with Gasteiger partial charge >= 0.3 is 0 Å². The van der Waals surface area contributed by atoms with Gasteiger partial charge in [-0.15, -0.1) is 0 Å². The Labute approximate surface area is 715 Å². The maximum atomic E-state index is 6.30. The number of anilines is 6. The van der Waals surface area contributed by atoms with Crippen LogP contribution in [0.2, 0.25) is 0 Å². The molecule has 21 aromatic rings. The SMILES string of the molecule is CC1(C)c2ccccc2-c2ccc(N(c3ccc(-c4cccc5c4-c4ccccc4C54c5ccccc5-c5ccccc54)cc3)c3ccc4oc5ccccc5c4c3)cc21.c1ccc(-c2ccc(N(c3ccc(-c4cccc5c4-c4ccccc4C54c5ccccc5-c5ccccc54)cc3)c3ccc4c(c3)c3ccccc3n4-c3ccccc3)cc2)cc1. The third-order valence-electron chi connectivity index (χ3n) is 27.5. The van der Waals surface area contributed by atoms with E-state index < -0.39 is 0 Å². The highest BCUT2D eigenvalue weighted by atomic mass is 16.3. The first-order valence-corrected chi connectivity index (χ1v) is 42.9. The third kappa shape index (κ3) is 10.2. The van der Waals surface area contributed by atoms with Gasteiger partial charge in [0.15, 0.2) is 0 Å². The molecule has 19 aromatic carbocycles. The van der Waals surface area contributed by atoms with E-state index in [9.17, 15) is 0 Å². The van der Waals surface area contributed by atoms with Gasteiger partial charge in [0, 0.05) is 66.8 Å². The van der Waals surface area contributed by atoms with E-state index in [4.69, 9.17) is 4.42 Å². The third-order valence-corrected chi connectivity index (χ3v) is 27.5. The fraction of sp³-hybridized carbons (Fsp3) is 0.0420. The monoisotopic (exact) mass is 1570 g/mol. The first-order valence-electron chi connectivity index (χ1n) is 42.9. The second-order valence-electron chi connectivity index (χ2n) is 34.0. The van der Waals surface area contributed by atoms with Crippen LogP contribution < -0.4 is 9.80 Å². The van der Waals surface area contributed by atoms with Crippen LogP contribution in [0.25, 0.3) is 138 Å². The second kappa shape index (κ2) is 27.2. The van der Waals surface area contributed by atoms with Gasteiger partial charge < -0.3 is 18.8 Å². The zero-order chi connectivity index (χ0) is 81.2. The number of fused-ring (bicyclic) bond motifs is 29. The first-order chi connectivity index (χ1) is 60.8. The van der Waals surface area contributed by atoms with Crippen molar-refractivity contribution in [3.8, 4) is 94.7 Å². The minimum Gasteiger partial charge on any atom is -0.456 e. The van der Waals surface area contributed by atoms with E-state index >= 15 is 0 Å². The van der Waals surface area contributed by atoms with Gasteiger partial charge in [0.05, 0.1) is 21.9 Å². The lowest BCUT2D eigenvalue weighted by Gasteiger charge is -2.30. The predicted octanol–water partition coefficient (Wildman–Crippen LogP) is 31.3. The predicted molar refractivity (Wildman–Crippen MR) is 510 cm³/mol. The van der Waals surface area contributed by atoms with E-state index in [-0.39, 0.29) is 16.2 Å². The van der Waals surface area contributed by atoms with Crippen LogP contribution in [0.5, 0.6) is 0 Å². The van der Waals surface area contributed by atoms with Gasteiger partial charge in [-0.2, -0.15) is 0 Å². The van der Waals surface area contributed by atoms with Crippen molar-refractivity contribution in [1.29, 1.82) is 0 Å². The first kappa shape index (κ1) is 70.4. The topological polar surface area (TPSA) is 24.6 Å². The molecule has 576 valence electrons. The number of aromatic nitrogens is 1. The summed E-state index contributed by atoms with van der Waals surface area (Å²) in [5.74, 6) is 0. The fourth-order valence-corrected chi connectivity index (χ4v) is 22.3. The highest BCUT2D eigenvalue weighted by Gasteiger charge is 2.54. The van der Waals surface area contributed by atoms with E-state index in [0.717, 1.165) is 61.8 Å². The minimum absolute atomic E-state index is 0.121. The maximum absolute atomic E-state index is 6.30. The molecule has 0 aliphatic heterocycles. The summed E-state index contributed by atoms with van der Waals surface area (Å²) in [4.78, 5) is 4.81. The average molecular weight is 1570 g/mol. The highest BCUT2D eigenvalue weighted by molar-refractivity contribution is 6.12. The quantitative estimate of drug-likeness (QED) is 0.136. The normalized spacial score (nSPS) is 13.6. The minimum atomic E-state index is -0.375. The molecule has 2 heterocycles. The molecule has 0 unspecified atom stereocenters. The van der Waals surface area contributed by atoms with Crippen LogP contribution in [-0.4, -0.2) is 4.57 Å². The summed E-state index contributed by atoms with van der Waals surface area (Å²) in [6, 6.07) is 164. The largest absolute Gasteiger partial charge is 0.456 e. The molecule has 5 aliphatic carbocycles. The standard InChI is InChI=1S/C61H40N2.C58H39NO/c1-3-16-41(17-4-1)42-30-34-45(35-31-42)62(47-38-39-59-53(40-47)51-22-10-14-29-58(51)63(59)44-18-5-2-6-19-44)46-36-32-43(33-37-46)48-24-15-28-57-60(48)52-23-9-13-27-56(52)61(57)54-25-11-7-20-49(54)50-21-8-12-26-55(50)61;1-57(2)48-20-8-3-14-41(48)44-32-30-39(35-53(44)57)59(38-31-33-55-47(34-38)45-17-7-12-25-54(45)60-55)37-28-26-36(27-29-37)40-19-13-24-52-56(40)46-18-6-11-23-51(46)58(52)49-21-9-4-15-42(49)43-16-5-10-22-50(43)58/h1-40H;3-35H,1-2H3. The Morgan fingerprint density at radius 3 is 1.07 bits per heavy atom. The van der Waals surface area contributed by atoms with Crippen molar-refractivity contribution in [2.45, 2.75) is 30.1 Å². The molecule has 0 amide bonds. The highest BCUT2D eigenvalue weighted by Crippen LogP contribution is 2.67. The zero-order valence-corrected chi connectivity index (χ0v) is 67.9. The lowest BCUT2D eigenvalue weighted by atomic mass is 9.70. The molecule has 5 aliphatic rings. The molecule has 0 saturated heterocycles. The molecule has 0 atom stereocenters. The smallest absolute Gasteiger partial charge is 0.135 e. The molecular formula is C119H79N3O. The number of para-hydroxylation sites is 3. The molecule has 0 N–H and O–H groups in total. The molecule has 0 saturated carbocycles. The van der Waals surface area contributed by atoms with Crippen LogP contribution in [0.4, 0.5) is 34.1 Å². The Hall–Kier alpha value is -15.6. The average Bonchev–Trinajstić information content (AvgIpc) is 1.51. The van der Waals surface area contributed by atoms with Gasteiger partial charge in [0.2, 0.25) is 0 Å². The Morgan fingerprint density at radius 2 is 0.537 bits per heavy atom. The summed E-state index contributed by atoms with van der Waals surface area (Å²) in [7, 11) is 0. The second-order valence-corrected chi connectivity index (χ2v) is 34.0. The van der Waals surface area contributed by atoms with E-state index in [2.05, 4.69) is 465 Å². The summed E-state index contributed by atoms with van der Waals surface area (Å²) in [5.41, 5.74) is 45.2.